The molecule has 2 nitrogen and oxygen atoms in total. The van der Waals surface area contributed by atoms with E-state index in [1.165, 1.54) is 66.1 Å². The molecule has 0 bridgehead atoms. The fourth-order valence-electron chi connectivity index (χ4n) is 7.10. The van der Waals surface area contributed by atoms with Gasteiger partial charge in [-0.05, 0) is 83.6 Å². The third-order valence-electron chi connectivity index (χ3n) is 9.68. The number of fused-ring (bicyclic) bond motifs is 1. The van der Waals surface area contributed by atoms with Gasteiger partial charge < -0.3 is 9.97 Å². The Morgan fingerprint density at radius 1 is 0.761 bits per heavy atom. The van der Waals surface area contributed by atoms with Gasteiger partial charge in [0.1, 0.15) is 0 Å². The quantitative estimate of drug-likeness (QED) is 0.126. The van der Waals surface area contributed by atoms with Crippen molar-refractivity contribution in [2.24, 2.45) is 5.92 Å². The van der Waals surface area contributed by atoms with Gasteiger partial charge in [-0.1, -0.05) is 87.4 Å². The maximum atomic E-state index is 5.03. The fourth-order valence-corrected chi connectivity index (χ4v) is 8.72. The van der Waals surface area contributed by atoms with Gasteiger partial charge in [0.15, 0.2) is 0 Å². The number of nitrogens with zero attached hydrogens (tertiary/aromatic N) is 2. The molecule has 1 saturated carbocycles. The number of hydrogen-bond donors (Lipinski definition) is 0. The molecule has 4 heteroatoms. The molecular formula is C42H46IrN2Si-2. The van der Waals surface area contributed by atoms with Gasteiger partial charge in [-0.2, -0.15) is 0 Å². The summed E-state index contributed by atoms with van der Waals surface area (Å²) in [5.74, 6) is 1.49. The zero-order valence-electron chi connectivity index (χ0n) is 27.8. The summed E-state index contributed by atoms with van der Waals surface area (Å²) >= 11 is 0. The van der Waals surface area contributed by atoms with E-state index in [0.717, 1.165) is 41.3 Å². The van der Waals surface area contributed by atoms with Crippen molar-refractivity contribution in [1.82, 2.24) is 9.97 Å². The van der Waals surface area contributed by atoms with Gasteiger partial charge in [-0.15, -0.1) is 71.8 Å². The molecule has 2 aromatic heterocycles. The summed E-state index contributed by atoms with van der Waals surface area (Å²) in [6.07, 6.45) is 12.5. The second kappa shape index (κ2) is 15.6. The first kappa shape index (κ1) is 34.2. The van der Waals surface area contributed by atoms with Gasteiger partial charge in [-0.3, -0.25) is 0 Å². The molecule has 0 N–H and O–H groups in total. The van der Waals surface area contributed by atoms with Crippen molar-refractivity contribution in [3.05, 3.63) is 126 Å². The number of aryl methyl sites for hydroxylation is 2. The third kappa shape index (κ3) is 8.03. The Kier molecular flexibility index (Phi) is 11.6. The Bertz CT molecular complexity index is 1620. The summed E-state index contributed by atoms with van der Waals surface area (Å²) in [5.41, 5.74) is 11.0. The minimum absolute atomic E-state index is 0. The second-order valence-electron chi connectivity index (χ2n) is 13.9. The van der Waals surface area contributed by atoms with Crippen LogP contribution in [0.2, 0.25) is 19.6 Å². The topological polar surface area (TPSA) is 25.8 Å². The van der Waals surface area contributed by atoms with Crippen LogP contribution in [-0.4, -0.2) is 18.0 Å². The molecule has 3 aromatic carbocycles. The minimum Gasteiger partial charge on any atom is -0.305 e. The number of benzene rings is 3. The summed E-state index contributed by atoms with van der Waals surface area (Å²) in [6, 6.07) is 38.3. The van der Waals surface area contributed by atoms with E-state index in [2.05, 4.69) is 112 Å². The summed E-state index contributed by atoms with van der Waals surface area (Å²) in [7, 11) is -1.39. The van der Waals surface area contributed by atoms with E-state index in [9.17, 15) is 0 Å². The molecule has 5 aromatic rings. The molecule has 1 fully saturated rings. The number of rotatable bonds is 6. The van der Waals surface area contributed by atoms with Crippen molar-refractivity contribution in [3.63, 3.8) is 0 Å². The van der Waals surface area contributed by atoms with Crippen molar-refractivity contribution in [1.29, 1.82) is 0 Å². The van der Waals surface area contributed by atoms with Crippen LogP contribution in [0.25, 0.3) is 33.6 Å². The van der Waals surface area contributed by atoms with E-state index >= 15 is 0 Å². The summed E-state index contributed by atoms with van der Waals surface area (Å²) < 4.78 is 0. The average Bonchev–Trinajstić information content (AvgIpc) is 3.64. The molecule has 0 spiro atoms. The number of pyridine rings is 2. The Labute approximate surface area is 291 Å². The largest absolute Gasteiger partial charge is 0.305 e. The molecule has 0 aliphatic heterocycles. The number of aromatic nitrogens is 2. The monoisotopic (exact) mass is 799 g/mol. The number of hydrogen-bond acceptors (Lipinski definition) is 2. The van der Waals surface area contributed by atoms with Crippen molar-refractivity contribution < 1.29 is 20.1 Å². The van der Waals surface area contributed by atoms with E-state index in [1.807, 2.05) is 24.3 Å². The molecule has 0 saturated heterocycles. The van der Waals surface area contributed by atoms with Gasteiger partial charge >= 0.3 is 0 Å². The van der Waals surface area contributed by atoms with Crippen LogP contribution in [0.3, 0.4) is 0 Å². The van der Waals surface area contributed by atoms with E-state index < -0.39 is 8.07 Å². The van der Waals surface area contributed by atoms with Gasteiger partial charge in [0.25, 0.3) is 0 Å². The van der Waals surface area contributed by atoms with Crippen LogP contribution in [-0.2, 0) is 32.9 Å². The third-order valence-corrected chi connectivity index (χ3v) is 11.7. The molecule has 46 heavy (non-hydrogen) atoms. The van der Waals surface area contributed by atoms with E-state index in [-0.39, 0.29) is 20.1 Å². The fraction of sp³-hybridized carbons (Fsp3) is 0.333. The van der Waals surface area contributed by atoms with Crippen LogP contribution in [0.4, 0.5) is 0 Å². The predicted molar refractivity (Wildman–Crippen MR) is 192 cm³/mol. The Hall–Kier alpha value is -3.17. The van der Waals surface area contributed by atoms with Gasteiger partial charge in [0, 0.05) is 32.0 Å². The molecule has 1 radical (unpaired) electrons. The first-order valence-electron chi connectivity index (χ1n) is 16.9. The summed E-state index contributed by atoms with van der Waals surface area (Å²) in [4.78, 5) is 9.82. The van der Waals surface area contributed by atoms with E-state index in [0.29, 0.717) is 5.92 Å². The minimum atomic E-state index is -1.39. The standard InChI is InChI=1S/C21H28NSi.C21H18N.Ir/c1-16(17-10-8-9-11-17)19-14-20(18-12-6-5-7-13-18)22-15-21(19)23(2,3)4;1-3-9-16(10-4-1)19-15-18-13-7-8-14-20(18)22-21(19)17-11-5-2-6-12-17;/h5-7,12,14-17H,8-11H2,1-4H3;1-6,9-11,15H,7-8,13-14H2;/q2*-1;. The molecule has 2 aliphatic rings. The van der Waals surface area contributed by atoms with Gasteiger partial charge in [0.05, 0.1) is 8.07 Å². The SMILES string of the molecule is CC(c1cc(-c2[c-]cccc2)ncc1[Si](C)(C)C)C1CCCC1.[Ir].[c-]1ccccc1-c1nc2c(cc1-c1ccccc1)CCCC2. The molecule has 7 rings (SSSR count). The maximum absolute atomic E-state index is 5.03. The zero-order valence-corrected chi connectivity index (χ0v) is 31.2. The Morgan fingerprint density at radius 3 is 2.07 bits per heavy atom. The smallest absolute Gasteiger partial charge is 0.0799 e. The van der Waals surface area contributed by atoms with Crippen molar-refractivity contribution in [3.8, 4) is 33.6 Å². The van der Waals surface area contributed by atoms with Crippen molar-refractivity contribution in [2.75, 3.05) is 0 Å². The van der Waals surface area contributed by atoms with Crippen LogP contribution in [0, 0.1) is 18.1 Å². The molecule has 0 amide bonds. The summed E-state index contributed by atoms with van der Waals surface area (Å²) in [5, 5.41) is 1.54. The second-order valence-corrected chi connectivity index (χ2v) is 18.9. The zero-order chi connectivity index (χ0) is 31.2. The van der Waals surface area contributed by atoms with Crippen molar-refractivity contribution in [2.45, 2.75) is 83.8 Å². The normalized spacial score (nSPS) is 15.2. The van der Waals surface area contributed by atoms with Crippen LogP contribution in [0.15, 0.2) is 97.2 Å². The van der Waals surface area contributed by atoms with Crippen LogP contribution < -0.4 is 5.19 Å². The summed E-state index contributed by atoms with van der Waals surface area (Å²) in [6.45, 7) is 9.74. The van der Waals surface area contributed by atoms with E-state index in [4.69, 9.17) is 9.97 Å². The molecule has 1 unspecified atom stereocenters. The first-order chi connectivity index (χ1) is 21.9. The van der Waals surface area contributed by atoms with Crippen LogP contribution >= 0.6 is 0 Å². The average molecular weight is 799 g/mol. The molecule has 1 atom stereocenters. The molecule has 2 heterocycles. The predicted octanol–water partition coefficient (Wildman–Crippen LogP) is 10.5. The first-order valence-corrected chi connectivity index (χ1v) is 20.4. The molecule has 239 valence electrons. The molecule has 2 aliphatic carbocycles. The Balaban J connectivity index is 0.000000177. The van der Waals surface area contributed by atoms with Gasteiger partial charge in [-0.25, -0.2) is 0 Å². The Morgan fingerprint density at radius 2 is 1.41 bits per heavy atom. The maximum Gasteiger partial charge on any atom is 0.0799 e. The van der Waals surface area contributed by atoms with E-state index in [1.54, 1.807) is 5.56 Å². The van der Waals surface area contributed by atoms with Gasteiger partial charge in [0.2, 0.25) is 0 Å². The van der Waals surface area contributed by atoms with Crippen LogP contribution in [0.5, 0.6) is 0 Å². The van der Waals surface area contributed by atoms with Crippen LogP contribution in [0.1, 0.15) is 68.2 Å². The van der Waals surface area contributed by atoms with Crippen molar-refractivity contribution >= 4 is 13.3 Å². The molecular weight excluding hydrogens is 753 g/mol.